The van der Waals surface area contributed by atoms with Gasteiger partial charge in [0.15, 0.2) is 0 Å². The van der Waals surface area contributed by atoms with Crippen LogP contribution in [0.4, 0.5) is 0 Å². The Labute approximate surface area is 86.1 Å². The summed E-state index contributed by atoms with van der Waals surface area (Å²) in [5.41, 5.74) is 1.83. The predicted octanol–water partition coefficient (Wildman–Crippen LogP) is 1.10. The lowest BCUT2D eigenvalue weighted by atomic mass is 10.2. The maximum absolute atomic E-state index is 9.97. The van der Waals surface area contributed by atoms with Crippen molar-refractivity contribution in [2.75, 3.05) is 0 Å². The minimum atomic E-state index is 0.339. The number of nitrogens with zero attached hydrogens (tertiary/aromatic N) is 4. The molecule has 2 rings (SSSR count). The van der Waals surface area contributed by atoms with Crippen LogP contribution in [0.15, 0.2) is 41.7 Å². The van der Waals surface area contributed by atoms with Crippen molar-refractivity contribution in [3.63, 3.8) is 0 Å². The van der Waals surface area contributed by atoms with Crippen LogP contribution in [0.2, 0.25) is 0 Å². The Morgan fingerprint density at radius 1 is 1.47 bits per heavy atom. The van der Waals surface area contributed by atoms with Gasteiger partial charge < -0.3 is 0 Å². The van der Waals surface area contributed by atoms with Gasteiger partial charge in [0.1, 0.15) is 0 Å². The van der Waals surface area contributed by atoms with Crippen molar-refractivity contribution in [2.24, 2.45) is 4.99 Å². The molecule has 1 heterocycles. The van der Waals surface area contributed by atoms with Crippen LogP contribution in [-0.4, -0.2) is 21.1 Å². The highest BCUT2D eigenvalue weighted by molar-refractivity contribution is 5.37. The van der Waals surface area contributed by atoms with Gasteiger partial charge >= 0.3 is 0 Å². The quantitative estimate of drug-likeness (QED) is 0.550. The fourth-order valence-corrected chi connectivity index (χ4v) is 1.27. The van der Waals surface area contributed by atoms with Crippen molar-refractivity contribution in [1.29, 1.82) is 0 Å². The fraction of sp³-hybridized carbons (Fsp3) is 0.100. The zero-order chi connectivity index (χ0) is 10.5. The van der Waals surface area contributed by atoms with Crippen molar-refractivity contribution in [3.05, 3.63) is 42.2 Å². The molecule has 1 aromatic heterocycles. The highest BCUT2D eigenvalue weighted by Gasteiger charge is 1.97. The third kappa shape index (κ3) is 2.15. The molecule has 2 aromatic rings. The van der Waals surface area contributed by atoms with Crippen LogP contribution in [-0.2, 0) is 11.3 Å². The minimum Gasteiger partial charge on any atom is -0.221 e. The molecule has 0 fully saturated rings. The summed E-state index contributed by atoms with van der Waals surface area (Å²) in [6, 6.07) is 7.58. The smallest absolute Gasteiger partial charge is 0.221 e. The topological polar surface area (TPSA) is 60.1 Å². The predicted molar refractivity (Wildman–Crippen MR) is 53.2 cm³/mol. The Morgan fingerprint density at radius 3 is 3.13 bits per heavy atom. The van der Waals surface area contributed by atoms with Gasteiger partial charge in [-0.05, 0) is 17.7 Å². The standard InChI is InChI=1S/C10H8N4O/c15-8-11-7-9-2-1-3-10(6-9)14-5-4-12-13-14/h1-6H,7H2. The SMILES string of the molecule is O=C=NCc1cccc(-n2ccnn2)c1. The van der Waals surface area contributed by atoms with Crippen LogP contribution >= 0.6 is 0 Å². The minimum absolute atomic E-state index is 0.339. The number of isocyanates is 1. The van der Waals surface area contributed by atoms with Crippen LogP contribution in [0.25, 0.3) is 5.69 Å². The van der Waals surface area contributed by atoms with Crippen LogP contribution < -0.4 is 0 Å². The van der Waals surface area contributed by atoms with Gasteiger partial charge in [-0.2, -0.15) is 0 Å². The van der Waals surface area contributed by atoms with E-state index in [-0.39, 0.29) is 0 Å². The number of rotatable bonds is 3. The van der Waals surface area contributed by atoms with E-state index in [9.17, 15) is 4.79 Å². The molecule has 0 radical (unpaired) electrons. The monoisotopic (exact) mass is 200 g/mol. The maximum Gasteiger partial charge on any atom is 0.235 e. The largest absolute Gasteiger partial charge is 0.235 e. The Kier molecular flexibility index (Phi) is 2.67. The molecular formula is C10H8N4O. The number of carbonyl (C=O) groups excluding carboxylic acids is 1. The van der Waals surface area contributed by atoms with E-state index in [1.165, 1.54) is 6.08 Å². The van der Waals surface area contributed by atoms with Crippen molar-refractivity contribution < 1.29 is 4.79 Å². The van der Waals surface area contributed by atoms with Crippen LogP contribution in [0.5, 0.6) is 0 Å². The highest BCUT2D eigenvalue weighted by Crippen LogP contribution is 2.09. The summed E-state index contributed by atoms with van der Waals surface area (Å²) in [4.78, 5) is 13.5. The molecule has 0 spiro atoms. The van der Waals surface area contributed by atoms with E-state index in [0.717, 1.165) is 11.3 Å². The number of hydrogen-bond acceptors (Lipinski definition) is 4. The molecule has 5 nitrogen and oxygen atoms in total. The van der Waals surface area contributed by atoms with Gasteiger partial charge in [-0.1, -0.05) is 17.3 Å². The number of aromatic nitrogens is 3. The second-order valence-electron chi connectivity index (χ2n) is 2.93. The summed E-state index contributed by atoms with van der Waals surface area (Å²) in [6.07, 6.45) is 4.87. The second kappa shape index (κ2) is 4.30. The zero-order valence-corrected chi connectivity index (χ0v) is 7.87. The van der Waals surface area contributed by atoms with Gasteiger partial charge in [-0.25, -0.2) is 14.5 Å². The van der Waals surface area contributed by atoms with E-state index in [1.54, 1.807) is 17.1 Å². The summed E-state index contributed by atoms with van der Waals surface area (Å²) in [7, 11) is 0. The lowest BCUT2D eigenvalue weighted by molar-refractivity contribution is 0.563. The molecule has 0 saturated heterocycles. The molecule has 0 saturated carbocycles. The first-order chi connectivity index (χ1) is 7.40. The summed E-state index contributed by atoms with van der Waals surface area (Å²) >= 11 is 0. The third-order valence-corrected chi connectivity index (χ3v) is 1.92. The van der Waals surface area contributed by atoms with Crippen molar-refractivity contribution in [2.45, 2.75) is 6.54 Å². The van der Waals surface area contributed by atoms with E-state index in [4.69, 9.17) is 0 Å². The molecule has 0 bridgehead atoms. The zero-order valence-electron chi connectivity index (χ0n) is 7.87. The maximum atomic E-state index is 9.97. The van der Waals surface area contributed by atoms with Crippen LogP contribution in [0, 0.1) is 0 Å². The lowest BCUT2D eigenvalue weighted by Crippen LogP contribution is -1.95. The van der Waals surface area contributed by atoms with Crippen molar-refractivity contribution in [1.82, 2.24) is 15.0 Å². The second-order valence-corrected chi connectivity index (χ2v) is 2.93. The van der Waals surface area contributed by atoms with E-state index in [0.29, 0.717) is 6.54 Å². The normalized spacial score (nSPS) is 9.60. The first kappa shape index (κ1) is 9.30. The molecule has 0 unspecified atom stereocenters. The van der Waals surface area contributed by atoms with E-state index in [2.05, 4.69) is 15.3 Å². The van der Waals surface area contributed by atoms with E-state index >= 15 is 0 Å². The number of benzene rings is 1. The molecule has 1 aromatic carbocycles. The fourth-order valence-electron chi connectivity index (χ4n) is 1.27. The van der Waals surface area contributed by atoms with Gasteiger partial charge in [-0.15, -0.1) is 5.10 Å². The molecular weight excluding hydrogens is 192 g/mol. The lowest BCUT2D eigenvalue weighted by Gasteiger charge is -2.01. The average molecular weight is 200 g/mol. The number of hydrogen-bond donors (Lipinski definition) is 0. The summed E-state index contributed by atoms with van der Waals surface area (Å²) in [5.74, 6) is 0. The summed E-state index contributed by atoms with van der Waals surface area (Å²) in [5, 5.41) is 7.58. The van der Waals surface area contributed by atoms with Gasteiger partial charge in [0, 0.05) is 0 Å². The number of aliphatic imine (C=N–C) groups is 1. The molecule has 0 aliphatic heterocycles. The van der Waals surface area contributed by atoms with Gasteiger partial charge in [0.25, 0.3) is 0 Å². The van der Waals surface area contributed by atoms with Crippen LogP contribution in [0.3, 0.4) is 0 Å². The van der Waals surface area contributed by atoms with E-state index < -0.39 is 0 Å². The first-order valence-electron chi connectivity index (χ1n) is 4.39. The summed E-state index contributed by atoms with van der Waals surface area (Å²) < 4.78 is 1.65. The molecule has 0 aliphatic carbocycles. The molecule has 0 atom stereocenters. The Morgan fingerprint density at radius 2 is 2.40 bits per heavy atom. The Hall–Kier alpha value is -2.26. The third-order valence-electron chi connectivity index (χ3n) is 1.92. The average Bonchev–Trinajstić information content (AvgIpc) is 2.80. The first-order valence-corrected chi connectivity index (χ1v) is 4.39. The summed E-state index contributed by atoms with van der Waals surface area (Å²) in [6.45, 7) is 0.339. The Bertz CT molecular complexity index is 486. The molecule has 74 valence electrons. The Balaban J connectivity index is 2.30. The molecule has 0 aliphatic rings. The van der Waals surface area contributed by atoms with Crippen molar-refractivity contribution in [3.8, 4) is 5.69 Å². The highest BCUT2D eigenvalue weighted by atomic mass is 16.1. The van der Waals surface area contributed by atoms with E-state index in [1.807, 2.05) is 24.3 Å². The molecule has 5 heteroatoms. The molecule has 0 amide bonds. The van der Waals surface area contributed by atoms with Gasteiger partial charge in [0.05, 0.1) is 24.6 Å². The molecule has 15 heavy (non-hydrogen) atoms. The van der Waals surface area contributed by atoms with Crippen molar-refractivity contribution >= 4 is 6.08 Å². The molecule has 0 N–H and O–H groups in total. The van der Waals surface area contributed by atoms with Gasteiger partial charge in [-0.3, -0.25) is 0 Å². The van der Waals surface area contributed by atoms with Crippen LogP contribution in [0.1, 0.15) is 5.56 Å². The van der Waals surface area contributed by atoms with Gasteiger partial charge in [0.2, 0.25) is 6.08 Å².